The van der Waals surface area contributed by atoms with Gasteiger partial charge in [-0.1, -0.05) is 54.6 Å². The van der Waals surface area contributed by atoms with Crippen LogP contribution in [0.25, 0.3) is 33.2 Å². The van der Waals surface area contributed by atoms with Crippen LogP contribution in [0.1, 0.15) is 0 Å². The Labute approximate surface area is 195 Å². The molecule has 2 aromatic heterocycles. The molecule has 0 N–H and O–H groups in total. The first kappa shape index (κ1) is 18.0. The summed E-state index contributed by atoms with van der Waals surface area (Å²) in [7, 11) is 0. The number of hydrogen-bond donors (Lipinski definition) is 0. The van der Waals surface area contributed by atoms with Crippen molar-refractivity contribution < 1.29 is 13.9 Å². The standard InChI is InChI=1S/C29H16BNO3/c1-4-10-22-18(7-1)19-13-14-31-28(29(19)34-22)17-15-25-27-26(16-17)33-24-12-6-3-9-21(24)30(27)20-8-2-5-11-23(20)32-25/h1-16H. The Bertz CT molecular complexity index is 1720. The predicted molar refractivity (Wildman–Crippen MR) is 135 cm³/mol. The normalized spacial score (nSPS) is 13.1. The van der Waals surface area contributed by atoms with E-state index in [1.807, 2.05) is 54.7 Å². The molecule has 0 spiro atoms. The SMILES string of the molecule is c1ccc2c(c1)Oc1cc(-c3nccc4c3oc3ccccc34)cc3c1B2c1ccccc1O3. The monoisotopic (exact) mass is 437 g/mol. The molecule has 4 aromatic carbocycles. The van der Waals surface area contributed by atoms with Crippen LogP contribution in [0.3, 0.4) is 0 Å². The van der Waals surface area contributed by atoms with Crippen LogP contribution in [-0.4, -0.2) is 11.7 Å². The molecule has 34 heavy (non-hydrogen) atoms. The van der Waals surface area contributed by atoms with Crippen molar-refractivity contribution >= 4 is 45.0 Å². The van der Waals surface area contributed by atoms with Crippen molar-refractivity contribution in [1.82, 2.24) is 4.98 Å². The van der Waals surface area contributed by atoms with E-state index < -0.39 is 0 Å². The lowest BCUT2D eigenvalue weighted by atomic mass is 9.35. The topological polar surface area (TPSA) is 44.5 Å². The van der Waals surface area contributed by atoms with E-state index in [9.17, 15) is 0 Å². The molecule has 0 atom stereocenters. The van der Waals surface area contributed by atoms with Crippen molar-refractivity contribution in [3.05, 3.63) is 97.2 Å². The van der Waals surface area contributed by atoms with Gasteiger partial charge >= 0.3 is 0 Å². The van der Waals surface area contributed by atoms with Crippen molar-refractivity contribution in [2.45, 2.75) is 0 Å². The number of hydrogen-bond acceptors (Lipinski definition) is 4. The largest absolute Gasteiger partial charge is 0.458 e. The number of furan rings is 1. The van der Waals surface area contributed by atoms with Crippen LogP contribution in [0.2, 0.25) is 0 Å². The molecule has 0 saturated carbocycles. The Kier molecular flexibility index (Phi) is 3.45. The van der Waals surface area contributed by atoms with E-state index in [1.54, 1.807) is 0 Å². The lowest BCUT2D eigenvalue weighted by Gasteiger charge is -2.33. The van der Waals surface area contributed by atoms with Gasteiger partial charge in [0.1, 0.15) is 34.3 Å². The number of benzene rings is 4. The average molecular weight is 437 g/mol. The minimum Gasteiger partial charge on any atom is -0.458 e. The highest BCUT2D eigenvalue weighted by molar-refractivity contribution is 6.98. The van der Waals surface area contributed by atoms with Gasteiger partial charge in [-0.2, -0.15) is 0 Å². The van der Waals surface area contributed by atoms with Crippen LogP contribution in [0.15, 0.2) is 102 Å². The Hall–Kier alpha value is -4.51. The molecule has 5 heteroatoms. The molecule has 4 nitrogen and oxygen atoms in total. The highest BCUT2D eigenvalue weighted by atomic mass is 16.5. The number of fused-ring (bicyclic) bond motifs is 7. The molecular formula is C29H16BNO3. The second-order valence-electron chi connectivity index (χ2n) is 8.73. The molecule has 0 fully saturated rings. The summed E-state index contributed by atoms with van der Waals surface area (Å²) in [6, 6.07) is 30.7. The summed E-state index contributed by atoms with van der Waals surface area (Å²) in [5.74, 6) is 3.32. The fourth-order valence-electron chi connectivity index (χ4n) is 5.39. The van der Waals surface area contributed by atoms with E-state index in [4.69, 9.17) is 18.9 Å². The number of rotatable bonds is 1. The highest BCUT2D eigenvalue weighted by Gasteiger charge is 2.40. The Balaban J connectivity index is 1.40. The minimum absolute atomic E-state index is 0.0592. The number of ether oxygens (including phenoxy) is 2. The van der Waals surface area contributed by atoms with Gasteiger partial charge in [-0.3, -0.25) is 4.98 Å². The van der Waals surface area contributed by atoms with Gasteiger partial charge < -0.3 is 13.9 Å². The third-order valence-electron chi connectivity index (χ3n) is 6.86. The van der Waals surface area contributed by atoms with Gasteiger partial charge in [0, 0.05) is 28.0 Å². The first-order chi connectivity index (χ1) is 16.8. The molecule has 0 bridgehead atoms. The van der Waals surface area contributed by atoms with E-state index in [2.05, 4.69) is 42.5 Å². The maximum absolute atomic E-state index is 6.43. The molecule has 4 heterocycles. The second kappa shape index (κ2) is 6.52. The Morgan fingerprint density at radius 3 is 2.00 bits per heavy atom. The highest BCUT2D eigenvalue weighted by Crippen LogP contribution is 2.40. The zero-order valence-electron chi connectivity index (χ0n) is 18.0. The number of para-hydroxylation sites is 3. The van der Waals surface area contributed by atoms with Gasteiger partial charge in [0.25, 0.3) is 6.71 Å². The zero-order chi connectivity index (χ0) is 22.2. The molecule has 0 saturated heterocycles. The van der Waals surface area contributed by atoms with Crippen LogP contribution in [0.4, 0.5) is 0 Å². The fraction of sp³-hybridized carbons (Fsp3) is 0. The summed E-state index contributed by atoms with van der Waals surface area (Å²) in [4.78, 5) is 4.72. The third-order valence-corrected chi connectivity index (χ3v) is 6.86. The van der Waals surface area contributed by atoms with Gasteiger partial charge in [0.15, 0.2) is 5.58 Å². The molecule has 0 unspecified atom stereocenters. The van der Waals surface area contributed by atoms with Crippen molar-refractivity contribution in [2.75, 3.05) is 0 Å². The lowest BCUT2D eigenvalue weighted by molar-refractivity contribution is 0.465. The van der Waals surface area contributed by atoms with Gasteiger partial charge in [0.05, 0.1) is 0 Å². The maximum atomic E-state index is 6.43. The zero-order valence-corrected chi connectivity index (χ0v) is 18.0. The Morgan fingerprint density at radius 1 is 0.618 bits per heavy atom. The minimum atomic E-state index is 0.0592. The number of aromatic nitrogens is 1. The summed E-state index contributed by atoms with van der Waals surface area (Å²) in [6.45, 7) is 0.0592. The van der Waals surface area contributed by atoms with E-state index in [0.717, 1.165) is 72.6 Å². The molecule has 0 aliphatic carbocycles. The van der Waals surface area contributed by atoms with Crippen LogP contribution in [0.5, 0.6) is 23.0 Å². The molecular weight excluding hydrogens is 421 g/mol. The molecule has 2 aliphatic rings. The number of nitrogens with zero attached hydrogens (tertiary/aromatic N) is 1. The quantitative estimate of drug-likeness (QED) is 0.324. The van der Waals surface area contributed by atoms with E-state index in [1.165, 1.54) is 0 Å². The van der Waals surface area contributed by atoms with Crippen molar-refractivity contribution in [1.29, 1.82) is 0 Å². The maximum Gasteiger partial charge on any atom is 0.260 e. The van der Waals surface area contributed by atoms with Gasteiger partial charge in [-0.25, -0.2) is 0 Å². The van der Waals surface area contributed by atoms with Gasteiger partial charge in [-0.05, 0) is 47.3 Å². The first-order valence-electron chi connectivity index (χ1n) is 11.3. The molecule has 0 amide bonds. The predicted octanol–water partition coefficient (Wildman–Crippen LogP) is 5.38. The molecule has 8 rings (SSSR count). The number of pyridine rings is 1. The smallest absolute Gasteiger partial charge is 0.260 e. The van der Waals surface area contributed by atoms with E-state index >= 15 is 0 Å². The second-order valence-corrected chi connectivity index (χ2v) is 8.73. The lowest BCUT2D eigenvalue weighted by Crippen LogP contribution is -2.57. The van der Waals surface area contributed by atoms with Gasteiger partial charge in [0.2, 0.25) is 0 Å². The summed E-state index contributed by atoms with van der Waals surface area (Å²) in [6.07, 6.45) is 1.83. The average Bonchev–Trinajstić information content (AvgIpc) is 3.27. The van der Waals surface area contributed by atoms with Crippen molar-refractivity contribution in [3.8, 4) is 34.3 Å². The summed E-state index contributed by atoms with van der Waals surface area (Å²) in [5.41, 5.74) is 6.64. The van der Waals surface area contributed by atoms with E-state index in [0.29, 0.717) is 0 Å². The van der Waals surface area contributed by atoms with Crippen LogP contribution in [0, 0.1) is 0 Å². The van der Waals surface area contributed by atoms with Gasteiger partial charge in [-0.15, -0.1) is 0 Å². The van der Waals surface area contributed by atoms with Crippen molar-refractivity contribution in [3.63, 3.8) is 0 Å². The fourth-order valence-corrected chi connectivity index (χ4v) is 5.39. The molecule has 2 aliphatic heterocycles. The summed E-state index contributed by atoms with van der Waals surface area (Å²) in [5, 5.41) is 2.12. The van der Waals surface area contributed by atoms with E-state index in [-0.39, 0.29) is 6.71 Å². The van der Waals surface area contributed by atoms with Crippen LogP contribution >= 0.6 is 0 Å². The van der Waals surface area contributed by atoms with Crippen LogP contribution in [-0.2, 0) is 0 Å². The van der Waals surface area contributed by atoms with Crippen LogP contribution < -0.4 is 25.9 Å². The molecule has 158 valence electrons. The first-order valence-corrected chi connectivity index (χ1v) is 11.3. The summed E-state index contributed by atoms with van der Waals surface area (Å²) < 4.78 is 19.1. The molecule has 0 radical (unpaired) electrons. The summed E-state index contributed by atoms with van der Waals surface area (Å²) >= 11 is 0. The van der Waals surface area contributed by atoms with Crippen molar-refractivity contribution in [2.24, 2.45) is 0 Å². The molecule has 6 aromatic rings. The Morgan fingerprint density at radius 2 is 1.26 bits per heavy atom. The third kappa shape index (κ3) is 2.36.